The summed E-state index contributed by atoms with van der Waals surface area (Å²) in [5, 5.41) is 6.61. The van der Waals surface area contributed by atoms with E-state index in [1.807, 2.05) is 67.7 Å². The molecule has 7 rings (SSSR count). The lowest BCUT2D eigenvalue weighted by Gasteiger charge is -2.38. The van der Waals surface area contributed by atoms with Crippen molar-refractivity contribution in [3.05, 3.63) is 65.9 Å². The van der Waals surface area contributed by atoms with Gasteiger partial charge in [0.2, 0.25) is 5.91 Å². The normalized spacial score (nSPS) is 22.0. The average Bonchev–Trinajstić information content (AvgIpc) is 3.64. The number of nitrogens with one attached hydrogen (secondary N) is 2. The smallest absolute Gasteiger partial charge is 0.247 e. The van der Waals surface area contributed by atoms with E-state index in [2.05, 4.69) is 24.9 Å². The van der Waals surface area contributed by atoms with Gasteiger partial charge >= 0.3 is 0 Å². The first-order valence-corrected chi connectivity index (χ1v) is 16.1. The molecule has 10 heteroatoms. The van der Waals surface area contributed by atoms with Gasteiger partial charge in [0.15, 0.2) is 0 Å². The van der Waals surface area contributed by atoms with Crippen LogP contribution in [0.2, 0.25) is 0 Å². The Bertz CT molecular complexity index is 1710. The van der Waals surface area contributed by atoms with Crippen molar-refractivity contribution in [3.63, 3.8) is 0 Å². The molecule has 1 aliphatic carbocycles. The van der Waals surface area contributed by atoms with Gasteiger partial charge in [-0.25, -0.2) is 4.98 Å². The minimum Gasteiger partial charge on any atom is -0.496 e. The van der Waals surface area contributed by atoms with Gasteiger partial charge in [-0.1, -0.05) is 12.1 Å². The molecule has 1 unspecified atom stereocenters. The average molecular weight is 610 g/mol. The summed E-state index contributed by atoms with van der Waals surface area (Å²) in [5.41, 5.74) is 6.50. The molecule has 4 aromatic rings. The summed E-state index contributed by atoms with van der Waals surface area (Å²) < 4.78 is 13.6. The first-order chi connectivity index (χ1) is 22.0. The number of piperazine rings is 1. The van der Waals surface area contributed by atoms with Crippen molar-refractivity contribution in [1.82, 2.24) is 24.6 Å². The Morgan fingerprint density at radius 2 is 1.80 bits per heavy atom. The molecule has 0 bridgehead atoms. The molecular weight excluding hydrogens is 566 g/mol. The van der Waals surface area contributed by atoms with Crippen molar-refractivity contribution in [2.24, 2.45) is 0 Å². The van der Waals surface area contributed by atoms with Crippen LogP contribution < -0.4 is 25.0 Å². The van der Waals surface area contributed by atoms with Crippen molar-refractivity contribution in [1.29, 1.82) is 0 Å². The summed E-state index contributed by atoms with van der Waals surface area (Å²) in [7, 11) is 5.25. The second-order valence-corrected chi connectivity index (χ2v) is 12.5. The first-order valence-electron chi connectivity index (χ1n) is 16.1. The number of aryl methyl sites for hydroxylation is 1. The molecule has 1 saturated carbocycles. The van der Waals surface area contributed by atoms with Crippen LogP contribution in [0.4, 0.5) is 11.4 Å². The molecule has 0 radical (unpaired) electrons. The van der Waals surface area contributed by atoms with Crippen LogP contribution >= 0.6 is 0 Å². The number of aromatic nitrogens is 3. The number of carbonyl (C=O) groups is 1. The number of methoxy groups -OCH3 is 2. The summed E-state index contributed by atoms with van der Waals surface area (Å²) >= 11 is 0. The molecule has 3 aliphatic rings. The summed E-state index contributed by atoms with van der Waals surface area (Å²) in [4.78, 5) is 28.2. The second-order valence-electron chi connectivity index (χ2n) is 12.5. The highest BCUT2D eigenvalue weighted by Gasteiger charge is 2.35. The van der Waals surface area contributed by atoms with Gasteiger partial charge < -0.3 is 25.0 Å². The van der Waals surface area contributed by atoms with E-state index in [1.165, 1.54) is 12.8 Å². The maximum atomic E-state index is 13.6. The Morgan fingerprint density at radius 3 is 2.56 bits per heavy atom. The minimum atomic E-state index is -0.351. The molecule has 4 heterocycles. The fraction of sp³-hybridized carbons (Fsp3) is 0.457. The molecule has 0 spiro atoms. The Labute approximate surface area is 264 Å². The van der Waals surface area contributed by atoms with E-state index in [-0.39, 0.29) is 11.9 Å². The van der Waals surface area contributed by atoms with Crippen molar-refractivity contribution < 1.29 is 14.3 Å². The van der Waals surface area contributed by atoms with Crippen LogP contribution in [0.25, 0.3) is 16.8 Å². The van der Waals surface area contributed by atoms with Gasteiger partial charge in [-0.3, -0.25) is 19.1 Å². The molecule has 2 aliphatic heterocycles. The highest BCUT2D eigenvalue weighted by atomic mass is 16.5. The third-order valence-electron chi connectivity index (χ3n) is 10.1. The zero-order valence-corrected chi connectivity index (χ0v) is 26.7. The van der Waals surface area contributed by atoms with Crippen molar-refractivity contribution in [2.75, 3.05) is 57.7 Å². The lowest BCUT2D eigenvalue weighted by molar-refractivity contribution is -0.117. The summed E-state index contributed by atoms with van der Waals surface area (Å²) in [6.45, 7) is 6.52. The maximum absolute atomic E-state index is 13.6. The van der Waals surface area contributed by atoms with E-state index >= 15 is 0 Å². The molecule has 236 valence electrons. The number of carbonyl (C=O) groups excluding carboxylic acids is 1. The molecule has 2 aromatic heterocycles. The third kappa shape index (κ3) is 5.40. The second kappa shape index (κ2) is 12.3. The van der Waals surface area contributed by atoms with Crippen molar-refractivity contribution in [2.45, 2.75) is 57.0 Å². The zero-order chi connectivity index (χ0) is 31.1. The van der Waals surface area contributed by atoms with Crippen LogP contribution in [0, 0.1) is 6.92 Å². The van der Waals surface area contributed by atoms with Crippen LogP contribution in [0.5, 0.6) is 11.5 Å². The largest absolute Gasteiger partial charge is 0.496 e. The molecule has 1 amide bonds. The van der Waals surface area contributed by atoms with Crippen LogP contribution in [0.3, 0.4) is 0 Å². The number of fused-ring (bicyclic) bond motifs is 2. The van der Waals surface area contributed by atoms with Crippen molar-refractivity contribution >= 4 is 22.8 Å². The predicted molar refractivity (Wildman–Crippen MR) is 177 cm³/mol. The van der Waals surface area contributed by atoms with E-state index in [9.17, 15) is 4.79 Å². The molecule has 2 N–H and O–H groups in total. The highest BCUT2D eigenvalue weighted by molar-refractivity contribution is 6.00. The molecule has 1 atom stereocenters. The molecule has 2 fully saturated rings. The molecule has 10 nitrogen and oxygen atoms in total. The highest BCUT2D eigenvalue weighted by Crippen LogP contribution is 2.40. The standard InChI is InChI=1S/C35H43N7O3/c1-22-33-32(39-34(42(33)19-16-37-22)23-8-11-25(12-9-23)41-17-14-36-15-18-41)24-10-13-27(31(20-24)45-4)38-35(43)29-21-26-28(40(29)2)6-5-7-30(26)44-3/h5-7,10,13,16,19-20,23,25,29,36H,8-9,11-12,14-15,17-18,21H2,1-4H3,(H,38,43)/t23-,25-,29?. The number of hydrogen-bond donors (Lipinski definition) is 2. The fourth-order valence-corrected chi connectivity index (χ4v) is 7.66. The van der Waals surface area contributed by atoms with Crippen LogP contribution in [-0.4, -0.2) is 84.7 Å². The van der Waals surface area contributed by atoms with Crippen LogP contribution in [0.1, 0.15) is 48.7 Å². The van der Waals surface area contributed by atoms with Gasteiger partial charge in [-0.15, -0.1) is 0 Å². The summed E-state index contributed by atoms with van der Waals surface area (Å²) in [6, 6.07) is 12.2. The van der Waals surface area contributed by atoms with Gasteiger partial charge in [0.05, 0.1) is 36.8 Å². The lowest BCUT2D eigenvalue weighted by atomic mass is 9.84. The summed E-state index contributed by atoms with van der Waals surface area (Å²) in [5.74, 6) is 2.82. The fourth-order valence-electron chi connectivity index (χ4n) is 7.66. The van der Waals surface area contributed by atoms with E-state index in [4.69, 9.17) is 14.5 Å². The Morgan fingerprint density at radius 1 is 1.02 bits per heavy atom. The number of hydrogen-bond acceptors (Lipinski definition) is 8. The van der Waals surface area contributed by atoms with Crippen LogP contribution in [0.15, 0.2) is 48.8 Å². The van der Waals surface area contributed by atoms with E-state index < -0.39 is 0 Å². The van der Waals surface area contributed by atoms with E-state index in [0.717, 1.165) is 84.3 Å². The number of anilines is 2. The number of benzene rings is 2. The Balaban J connectivity index is 1.13. The van der Waals surface area contributed by atoms with Gasteiger partial charge in [0, 0.05) is 80.8 Å². The van der Waals surface area contributed by atoms with Crippen molar-refractivity contribution in [3.8, 4) is 22.8 Å². The van der Waals surface area contributed by atoms with Gasteiger partial charge in [0.1, 0.15) is 23.4 Å². The zero-order valence-electron chi connectivity index (χ0n) is 26.7. The number of rotatable bonds is 7. The number of nitrogens with zero attached hydrogens (tertiary/aromatic N) is 5. The topological polar surface area (TPSA) is 96.3 Å². The maximum Gasteiger partial charge on any atom is 0.247 e. The van der Waals surface area contributed by atoms with Crippen LogP contribution in [-0.2, 0) is 11.2 Å². The number of ether oxygens (including phenoxy) is 2. The Hall–Kier alpha value is -4.15. The first kappa shape index (κ1) is 29.6. The molecule has 45 heavy (non-hydrogen) atoms. The molecular formula is C35H43N7O3. The minimum absolute atomic E-state index is 0.0898. The predicted octanol–water partition coefficient (Wildman–Crippen LogP) is 4.65. The van der Waals surface area contributed by atoms with E-state index in [1.54, 1.807) is 14.2 Å². The van der Waals surface area contributed by atoms with Gasteiger partial charge in [0.25, 0.3) is 0 Å². The number of imidazole rings is 1. The van der Waals surface area contributed by atoms with E-state index in [0.29, 0.717) is 29.8 Å². The Kier molecular flexibility index (Phi) is 8.10. The molecule has 2 aromatic carbocycles. The quantitative estimate of drug-likeness (QED) is 0.313. The molecule has 1 saturated heterocycles. The number of likely N-dealkylation sites (N-methyl/N-ethyl adjacent to an activating group) is 1. The van der Waals surface area contributed by atoms with Gasteiger partial charge in [-0.05, 0) is 56.9 Å². The SMILES string of the molecule is COc1cc(-c2nc([C@H]3CC[C@H](N4CCNCC4)CC3)n3ccnc(C)c23)ccc1NC(=O)C1Cc2c(OC)cccc2N1C. The lowest BCUT2D eigenvalue weighted by Crippen LogP contribution is -2.49. The number of amides is 1. The van der Waals surface area contributed by atoms with Gasteiger partial charge in [-0.2, -0.15) is 0 Å². The monoisotopic (exact) mass is 609 g/mol. The summed E-state index contributed by atoms with van der Waals surface area (Å²) in [6.07, 6.45) is 9.17. The third-order valence-corrected chi connectivity index (χ3v) is 10.1.